The van der Waals surface area contributed by atoms with Crippen molar-refractivity contribution in [2.75, 3.05) is 11.9 Å². The minimum atomic E-state index is 0.908. The summed E-state index contributed by atoms with van der Waals surface area (Å²) in [6, 6.07) is 8.66. The highest BCUT2D eigenvalue weighted by Crippen LogP contribution is 2.29. The molecule has 1 aromatic carbocycles. The van der Waals surface area contributed by atoms with E-state index in [2.05, 4.69) is 40.0 Å². The molecular weight excluding hydrogens is 260 g/mol. The highest BCUT2D eigenvalue weighted by atomic mass is 15.1. The molecule has 0 saturated heterocycles. The minimum absolute atomic E-state index is 0.908. The highest BCUT2D eigenvalue weighted by Gasteiger charge is 2.14. The topological polar surface area (TPSA) is 42.7 Å². The predicted octanol–water partition coefficient (Wildman–Crippen LogP) is 3.48. The molecule has 4 rings (SSSR count). The standard InChI is InChI=1S/C17H18N4/c1-2-21-16-7-9-18-11-15(16)20-17(21)13-5-6-14-12(10-13)4-3-8-19-14/h5-7,9-11,19H,2-4,8H2,1H3. The number of aryl methyl sites for hydroxylation is 2. The van der Waals surface area contributed by atoms with Crippen LogP contribution in [0.25, 0.3) is 22.4 Å². The Balaban J connectivity index is 1.89. The number of anilines is 1. The van der Waals surface area contributed by atoms with Gasteiger partial charge >= 0.3 is 0 Å². The Morgan fingerprint density at radius 1 is 1.29 bits per heavy atom. The first-order valence-corrected chi connectivity index (χ1v) is 7.54. The Morgan fingerprint density at radius 2 is 2.24 bits per heavy atom. The smallest absolute Gasteiger partial charge is 0.141 e. The second-order valence-electron chi connectivity index (χ2n) is 5.45. The summed E-state index contributed by atoms with van der Waals surface area (Å²) in [5.41, 5.74) is 5.97. The Kier molecular flexibility index (Phi) is 2.88. The largest absolute Gasteiger partial charge is 0.385 e. The van der Waals surface area contributed by atoms with Gasteiger partial charge in [0.25, 0.3) is 0 Å². The van der Waals surface area contributed by atoms with Crippen molar-refractivity contribution in [1.29, 1.82) is 0 Å². The molecule has 0 saturated carbocycles. The monoisotopic (exact) mass is 278 g/mol. The lowest BCUT2D eigenvalue weighted by atomic mass is 10.0. The van der Waals surface area contributed by atoms with Crippen LogP contribution in [0.2, 0.25) is 0 Å². The lowest BCUT2D eigenvalue weighted by Gasteiger charge is -2.18. The van der Waals surface area contributed by atoms with Crippen LogP contribution in [0.15, 0.2) is 36.7 Å². The second-order valence-corrected chi connectivity index (χ2v) is 5.45. The third-order valence-electron chi connectivity index (χ3n) is 4.17. The van der Waals surface area contributed by atoms with E-state index in [1.54, 1.807) is 0 Å². The number of imidazole rings is 1. The van der Waals surface area contributed by atoms with Crippen molar-refractivity contribution in [3.63, 3.8) is 0 Å². The fourth-order valence-electron chi connectivity index (χ4n) is 3.14. The SMILES string of the molecule is CCn1c(-c2ccc3c(c2)CCCN3)nc2cnccc21. The maximum atomic E-state index is 4.78. The molecule has 0 amide bonds. The minimum Gasteiger partial charge on any atom is -0.385 e. The van der Waals surface area contributed by atoms with Crippen LogP contribution in [0.3, 0.4) is 0 Å². The lowest BCUT2D eigenvalue weighted by Crippen LogP contribution is -2.11. The van der Waals surface area contributed by atoms with Gasteiger partial charge in [0.05, 0.1) is 11.7 Å². The summed E-state index contributed by atoms with van der Waals surface area (Å²) < 4.78 is 2.26. The molecule has 21 heavy (non-hydrogen) atoms. The average molecular weight is 278 g/mol. The summed E-state index contributed by atoms with van der Waals surface area (Å²) in [4.78, 5) is 8.96. The van der Waals surface area contributed by atoms with Crippen LogP contribution < -0.4 is 5.32 Å². The molecule has 4 heteroatoms. The molecule has 0 atom stereocenters. The van der Waals surface area contributed by atoms with Gasteiger partial charge in [0.15, 0.2) is 0 Å². The molecule has 0 spiro atoms. The maximum Gasteiger partial charge on any atom is 0.141 e. The summed E-state index contributed by atoms with van der Waals surface area (Å²) in [5.74, 6) is 1.04. The number of nitrogens with one attached hydrogen (secondary N) is 1. The van der Waals surface area contributed by atoms with Crippen LogP contribution in [0, 0.1) is 0 Å². The van der Waals surface area contributed by atoms with Crippen molar-refractivity contribution in [3.05, 3.63) is 42.2 Å². The molecule has 0 radical (unpaired) electrons. The highest BCUT2D eigenvalue weighted by molar-refractivity contribution is 5.80. The molecule has 2 aromatic heterocycles. The first kappa shape index (κ1) is 12.4. The van der Waals surface area contributed by atoms with Crippen molar-refractivity contribution in [1.82, 2.24) is 14.5 Å². The first-order chi connectivity index (χ1) is 10.4. The number of hydrogen-bond donors (Lipinski definition) is 1. The van der Waals surface area contributed by atoms with E-state index >= 15 is 0 Å². The predicted molar refractivity (Wildman–Crippen MR) is 85.4 cm³/mol. The molecule has 3 heterocycles. The zero-order valence-electron chi connectivity index (χ0n) is 12.1. The van der Waals surface area contributed by atoms with Crippen LogP contribution in [0.5, 0.6) is 0 Å². The van der Waals surface area contributed by atoms with Crippen LogP contribution in [-0.4, -0.2) is 21.1 Å². The van der Waals surface area contributed by atoms with Gasteiger partial charge in [-0.3, -0.25) is 4.98 Å². The molecular formula is C17H18N4. The normalized spacial score (nSPS) is 14.0. The summed E-state index contributed by atoms with van der Waals surface area (Å²) in [6.07, 6.45) is 6.01. The van der Waals surface area contributed by atoms with Crippen molar-refractivity contribution in [3.8, 4) is 11.4 Å². The number of fused-ring (bicyclic) bond motifs is 2. The molecule has 0 fully saturated rings. The van der Waals surface area contributed by atoms with Crippen molar-refractivity contribution in [2.24, 2.45) is 0 Å². The van der Waals surface area contributed by atoms with Crippen LogP contribution >= 0.6 is 0 Å². The van der Waals surface area contributed by atoms with Gasteiger partial charge in [0.2, 0.25) is 0 Å². The maximum absolute atomic E-state index is 4.78. The zero-order chi connectivity index (χ0) is 14.2. The van der Waals surface area contributed by atoms with E-state index in [1.807, 2.05) is 18.5 Å². The number of pyridine rings is 1. The molecule has 0 aliphatic carbocycles. The number of aromatic nitrogens is 3. The van der Waals surface area contributed by atoms with Gasteiger partial charge in [0.1, 0.15) is 11.3 Å². The van der Waals surface area contributed by atoms with Crippen LogP contribution in [-0.2, 0) is 13.0 Å². The molecule has 1 N–H and O–H groups in total. The van der Waals surface area contributed by atoms with Gasteiger partial charge in [-0.05, 0) is 49.6 Å². The molecule has 3 aromatic rings. The van der Waals surface area contributed by atoms with E-state index in [9.17, 15) is 0 Å². The quantitative estimate of drug-likeness (QED) is 0.780. The Labute approximate surface area is 123 Å². The van der Waals surface area contributed by atoms with Gasteiger partial charge in [-0.25, -0.2) is 4.98 Å². The zero-order valence-corrected chi connectivity index (χ0v) is 12.1. The summed E-state index contributed by atoms with van der Waals surface area (Å²) in [7, 11) is 0. The van der Waals surface area contributed by atoms with Crippen molar-refractivity contribution in [2.45, 2.75) is 26.3 Å². The number of rotatable bonds is 2. The van der Waals surface area contributed by atoms with Gasteiger partial charge in [-0.2, -0.15) is 0 Å². The molecule has 4 nitrogen and oxygen atoms in total. The molecule has 1 aliphatic heterocycles. The van der Waals surface area contributed by atoms with E-state index in [0.29, 0.717) is 0 Å². The molecule has 106 valence electrons. The van der Waals surface area contributed by atoms with Gasteiger partial charge in [-0.15, -0.1) is 0 Å². The summed E-state index contributed by atoms with van der Waals surface area (Å²) in [6.45, 7) is 4.14. The fraction of sp³-hybridized carbons (Fsp3) is 0.294. The molecule has 1 aliphatic rings. The third-order valence-corrected chi connectivity index (χ3v) is 4.17. The van der Waals surface area contributed by atoms with E-state index in [0.717, 1.165) is 36.4 Å². The van der Waals surface area contributed by atoms with E-state index in [1.165, 1.54) is 23.2 Å². The summed E-state index contributed by atoms with van der Waals surface area (Å²) >= 11 is 0. The van der Waals surface area contributed by atoms with E-state index in [4.69, 9.17) is 4.98 Å². The Hall–Kier alpha value is -2.36. The van der Waals surface area contributed by atoms with E-state index < -0.39 is 0 Å². The molecule has 0 unspecified atom stereocenters. The first-order valence-electron chi connectivity index (χ1n) is 7.54. The van der Waals surface area contributed by atoms with Gasteiger partial charge in [0, 0.05) is 30.5 Å². The van der Waals surface area contributed by atoms with Crippen molar-refractivity contribution >= 4 is 16.7 Å². The fourth-order valence-corrected chi connectivity index (χ4v) is 3.14. The molecule has 0 bridgehead atoms. The van der Waals surface area contributed by atoms with Gasteiger partial charge < -0.3 is 9.88 Å². The van der Waals surface area contributed by atoms with Gasteiger partial charge in [-0.1, -0.05) is 0 Å². The van der Waals surface area contributed by atoms with Crippen molar-refractivity contribution < 1.29 is 0 Å². The number of benzene rings is 1. The number of hydrogen-bond acceptors (Lipinski definition) is 3. The lowest BCUT2D eigenvalue weighted by molar-refractivity contribution is 0.794. The van der Waals surface area contributed by atoms with Crippen LogP contribution in [0.4, 0.5) is 5.69 Å². The third kappa shape index (κ3) is 1.98. The van der Waals surface area contributed by atoms with E-state index in [-0.39, 0.29) is 0 Å². The Morgan fingerprint density at radius 3 is 3.14 bits per heavy atom. The van der Waals surface area contributed by atoms with Crippen LogP contribution in [0.1, 0.15) is 18.9 Å². The second kappa shape index (κ2) is 4.88. The number of nitrogens with zero attached hydrogens (tertiary/aromatic N) is 3. The summed E-state index contributed by atoms with van der Waals surface area (Å²) in [5, 5.41) is 3.46. The average Bonchev–Trinajstić information content (AvgIpc) is 2.93. The Bertz CT molecular complexity index is 804.